The number of epoxide rings is 1. The van der Waals surface area contributed by atoms with E-state index in [0.717, 1.165) is 32.1 Å². The van der Waals surface area contributed by atoms with E-state index in [-0.39, 0.29) is 24.9 Å². The molecule has 0 aromatic rings. The van der Waals surface area contributed by atoms with E-state index >= 15 is 0 Å². The van der Waals surface area contributed by atoms with Crippen LogP contribution in [0.3, 0.4) is 0 Å². The summed E-state index contributed by atoms with van der Waals surface area (Å²) in [7, 11) is 0. The molecule has 3 aliphatic carbocycles. The Hall–Kier alpha value is -0.660. The van der Waals surface area contributed by atoms with Gasteiger partial charge in [-0.15, -0.1) is 0 Å². The lowest BCUT2D eigenvalue weighted by atomic mass is 9.51. The van der Waals surface area contributed by atoms with E-state index in [1.165, 1.54) is 0 Å². The molecule has 7 rings (SSSR count). The van der Waals surface area contributed by atoms with Gasteiger partial charge in [0.15, 0.2) is 0 Å². The summed E-state index contributed by atoms with van der Waals surface area (Å²) in [6, 6.07) is 0. The Balaban J connectivity index is 1.54. The summed E-state index contributed by atoms with van der Waals surface area (Å²) >= 11 is 0. The van der Waals surface area contributed by atoms with Crippen LogP contribution in [0.2, 0.25) is 0 Å². The van der Waals surface area contributed by atoms with Gasteiger partial charge in [-0.1, -0.05) is 52.5 Å². The van der Waals surface area contributed by atoms with Crippen LogP contribution >= 0.6 is 0 Å². The van der Waals surface area contributed by atoms with Crippen molar-refractivity contribution in [3.05, 3.63) is 12.2 Å². The molecule has 0 amide bonds. The highest BCUT2D eigenvalue weighted by atomic mass is 16.9. The Morgan fingerprint density at radius 1 is 0.950 bits per heavy atom. The molecule has 10 nitrogen and oxygen atoms in total. The van der Waals surface area contributed by atoms with Gasteiger partial charge in [0, 0.05) is 24.4 Å². The summed E-state index contributed by atoms with van der Waals surface area (Å²) in [5.41, 5.74) is -5.54. The first-order valence-corrected chi connectivity index (χ1v) is 15.3. The zero-order chi connectivity index (χ0) is 28.6. The first-order valence-electron chi connectivity index (χ1n) is 15.3. The molecule has 4 heterocycles. The Morgan fingerprint density at radius 2 is 1.65 bits per heavy atom. The molecule has 16 atom stereocenters. The molecule has 6 N–H and O–H groups in total. The molecule has 7 fully saturated rings. The quantitative estimate of drug-likeness (QED) is 0.211. The number of fused-ring (bicyclic) bond motifs is 1. The van der Waals surface area contributed by atoms with E-state index in [9.17, 15) is 30.6 Å². The van der Waals surface area contributed by atoms with E-state index in [1.807, 2.05) is 13.8 Å². The van der Waals surface area contributed by atoms with Crippen molar-refractivity contribution in [2.24, 2.45) is 35.5 Å². The second-order valence-corrected chi connectivity index (χ2v) is 14.3. The van der Waals surface area contributed by atoms with Gasteiger partial charge in [-0.2, -0.15) is 0 Å². The standard InChI is InChI=1S/C30H46O10/c1-14(2)26-11-17(12-31)29-20-23(26)38-30(39-26,40-29)18(33)10-8-6-5-7-9-15(3)19-16(4)22(34)28(36,21(19)29)25(35)27(13-32)24(20)37-27/h15-25,31-36H,1,5-13H2,2-4H3/t15-,16+,17+,18-,19?,20?,21?,22+,23-,24+,25-,26-,27+,28-,29-,30?/m1/s1. The zero-order valence-corrected chi connectivity index (χ0v) is 23.7. The van der Waals surface area contributed by atoms with Crippen molar-refractivity contribution in [2.45, 2.75) is 125 Å². The predicted molar refractivity (Wildman–Crippen MR) is 139 cm³/mol. The molecule has 0 aromatic carbocycles. The SMILES string of the molecule is C=C(C)[C@]12C[C@@H](CO)[C@@]34OC5(O[C@@H]1C3[C@@H]1O[C@]1(CO)[C@@H](O)[C@@]1(O)C4C([C@H](C)CCCCCC[C@H]5O)[C@H](C)[C@@H]1O)O2. The van der Waals surface area contributed by atoms with E-state index < -0.39 is 89.2 Å². The number of ether oxygens (including phenoxy) is 4. The highest BCUT2D eigenvalue weighted by molar-refractivity contribution is 5.38. The number of aliphatic hydroxyl groups excluding tert-OH is 5. The fourth-order valence-corrected chi connectivity index (χ4v) is 10.7. The van der Waals surface area contributed by atoms with Crippen LogP contribution < -0.4 is 0 Å². The molecule has 2 spiro atoms. The fourth-order valence-electron chi connectivity index (χ4n) is 10.7. The first kappa shape index (κ1) is 28.1. The van der Waals surface area contributed by atoms with Crippen molar-refractivity contribution >= 4 is 0 Å². The van der Waals surface area contributed by atoms with Crippen LogP contribution in [0.5, 0.6) is 0 Å². The van der Waals surface area contributed by atoms with Crippen LogP contribution in [0.1, 0.15) is 65.7 Å². The maximum atomic E-state index is 12.7. The van der Waals surface area contributed by atoms with Crippen molar-refractivity contribution in [2.75, 3.05) is 13.2 Å². The summed E-state index contributed by atoms with van der Waals surface area (Å²) in [4.78, 5) is 0. The number of aliphatic hydroxyl groups is 6. The van der Waals surface area contributed by atoms with Gasteiger partial charge in [0.2, 0.25) is 0 Å². The topological polar surface area (TPSA) is 162 Å². The lowest BCUT2D eigenvalue weighted by molar-refractivity contribution is -0.459. The molecule has 10 heteroatoms. The molecular weight excluding hydrogens is 520 g/mol. The van der Waals surface area contributed by atoms with E-state index in [2.05, 4.69) is 13.5 Å². The van der Waals surface area contributed by atoms with Gasteiger partial charge in [0.05, 0.1) is 18.3 Å². The minimum Gasteiger partial charge on any atom is -0.396 e. The number of rotatable bonds is 3. The number of hydrogen-bond acceptors (Lipinski definition) is 10. The van der Waals surface area contributed by atoms with Gasteiger partial charge in [-0.3, -0.25) is 0 Å². The van der Waals surface area contributed by atoms with Gasteiger partial charge in [0.1, 0.15) is 41.2 Å². The fraction of sp³-hybridized carbons (Fsp3) is 0.933. The average Bonchev–Trinajstić information content (AvgIpc) is 3.57. The third-order valence-electron chi connectivity index (χ3n) is 12.5. The zero-order valence-electron chi connectivity index (χ0n) is 23.7. The lowest BCUT2D eigenvalue weighted by Gasteiger charge is -2.62. The molecule has 4 saturated heterocycles. The second-order valence-electron chi connectivity index (χ2n) is 14.3. The lowest BCUT2D eigenvalue weighted by Crippen LogP contribution is -2.75. The smallest absolute Gasteiger partial charge is 0.312 e. The van der Waals surface area contributed by atoms with Crippen LogP contribution in [0.25, 0.3) is 0 Å². The molecule has 226 valence electrons. The van der Waals surface area contributed by atoms with Crippen molar-refractivity contribution < 1.29 is 49.6 Å². The average molecular weight is 567 g/mol. The van der Waals surface area contributed by atoms with Gasteiger partial charge < -0.3 is 49.6 Å². The van der Waals surface area contributed by atoms with E-state index in [0.29, 0.717) is 12.0 Å². The predicted octanol–water partition coefficient (Wildman–Crippen LogP) is 0.598. The third kappa shape index (κ3) is 2.99. The Labute approximate surface area is 235 Å². The van der Waals surface area contributed by atoms with Gasteiger partial charge >= 0.3 is 5.97 Å². The summed E-state index contributed by atoms with van der Waals surface area (Å²) < 4.78 is 26.6. The molecule has 0 aromatic heterocycles. The Bertz CT molecular complexity index is 1070. The number of hydrogen-bond donors (Lipinski definition) is 6. The largest absolute Gasteiger partial charge is 0.396 e. The summed E-state index contributed by atoms with van der Waals surface area (Å²) in [5.74, 6) is -4.73. The first-order chi connectivity index (χ1) is 18.9. The highest BCUT2D eigenvalue weighted by Crippen LogP contribution is 2.75. The van der Waals surface area contributed by atoms with E-state index in [4.69, 9.17) is 18.9 Å². The monoisotopic (exact) mass is 566 g/mol. The molecular formula is C30H46O10. The van der Waals surface area contributed by atoms with Crippen LogP contribution in [0, 0.1) is 35.5 Å². The van der Waals surface area contributed by atoms with Crippen molar-refractivity contribution in [3.63, 3.8) is 0 Å². The second kappa shape index (κ2) is 8.71. The molecule has 3 saturated carbocycles. The highest BCUT2D eigenvalue weighted by Gasteiger charge is 2.90. The molecule has 40 heavy (non-hydrogen) atoms. The maximum absolute atomic E-state index is 12.7. The molecule has 7 aliphatic rings. The van der Waals surface area contributed by atoms with Gasteiger partial charge in [-0.25, -0.2) is 0 Å². The Morgan fingerprint density at radius 3 is 2.30 bits per heavy atom. The van der Waals surface area contributed by atoms with Crippen LogP contribution in [-0.4, -0.2) is 103 Å². The molecule has 4 unspecified atom stereocenters. The van der Waals surface area contributed by atoms with Crippen molar-refractivity contribution in [3.8, 4) is 0 Å². The van der Waals surface area contributed by atoms with E-state index in [1.54, 1.807) is 0 Å². The van der Waals surface area contributed by atoms with Crippen LogP contribution in [0.4, 0.5) is 0 Å². The molecule has 0 radical (unpaired) electrons. The minimum absolute atomic E-state index is 0.0464. The van der Waals surface area contributed by atoms with Crippen LogP contribution in [0.15, 0.2) is 12.2 Å². The van der Waals surface area contributed by atoms with Gasteiger partial charge in [-0.05, 0) is 43.1 Å². The van der Waals surface area contributed by atoms with Crippen molar-refractivity contribution in [1.29, 1.82) is 0 Å². The molecule has 4 aliphatic heterocycles. The minimum atomic E-state index is -2.12. The van der Waals surface area contributed by atoms with Crippen LogP contribution in [-0.2, 0) is 18.9 Å². The summed E-state index contributed by atoms with van der Waals surface area (Å²) in [6.45, 7) is 9.23. The van der Waals surface area contributed by atoms with Crippen molar-refractivity contribution in [1.82, 2.24) is 0 Å². The Kier molecular flexibility index (Phi) is 6.13. The normalized spacial score (nSPS) is 62.1. The third-order valence-corrected chi connectivity index (χ3v) is 12.5. The molecule has 3 bridgehead atoms. The van der Waals surface area contributed by atoms with Gasteiger partial charge in [0.25, 0.3) is 0 Å². The summed E-state index contributed by atoms with van der Waals surface area (Å²) in [6.07, 6.45) is -0.546. The summed E-state index contributed by atoms with van der Waals surface area (Å²) in [5, 5.41) is 70.0. The maximum Gasteiger partial charge on any atom is 0.312 e.